The van der Waals surface area contributed by atoms with Crippen molar-refractivity contribution in [1.29, 1.82) is 0 Å². The summed E-state index contributed by atoms with van der Waals surface area (Å²) >= 11 is 3.35. The first-order valence-electron chi connectivity index (χ1n) is 5.35. The molecule has 0 radical (unpaired) electrons. The summed E-state index contributed by atoms with van der Waals surface area (Å²) in [4.78, 5) is 0. The minimum absolute atomic E-state index is 0.0434. The normalized spacial score (nSPS) is 21.7. The van der Waals surface area contributed by atoms with E-state index in [9.17, 15) is 4.39 Å². The minimum atomic E-state index is -0.0434. The molecule has 1 N–H and O–H groups in total. The summed E-state index contributed by atoms with van der Waals surface area (Å²) in [5.74, 6) is 0.295. The van der Waals surface area contributed by atoms with Crippen molar-refractivity contribution in [2.24, 2.45) is 0 Å². The summed E-state index contributed by atoms with van der Waals surface area (Å²) in [7, 11) is 0. The fourth-order valence-electron chi connectivity index (χ4n) is 2.12. The number of piperidine rings is 1. The number of benzene rings is 1. The Morgan fingerprint density at radius 2 is 2.27 bits per heavy atom. The number of rotatable bonds is 1. The lowest BCUT2D eigenvalue weighted by molar-refractivity contribution is 0.445. The molecule has 1 unspecified atom stereocenters. The molecular formula is C12H15BrFN. The van der Waals surface area contributed by atoms with Gasteiger partial charge >= 0.3 is 0 Å². The second-order valence-electron chi connectivity index (χ2n) is 4.12. The Labute approximate surface area is 98.2 Å². The van der Waals surface area contributed by atoms with Crippen LogP contribution in [0.5, 0.6) is 0 Å². The molecular weight excluding hydrogens is 257 g/mol. The zero-order valence-electron chi connectivity index (χ0n) is 8.82. The molecule has 0 saturated carbocycles. The van der Waals surface area contributed by atoms with Crippen LogP contribution >= 0.6 is 15.9 Å². The van der Waals surface area contributed by atoms with Crippen LogP contribution in [0.4, 0.5) is 4.39 Å². The molecule has 0 bridgehead atoms. The van der Waals surface area contributed by atoms with Gasteiger partial charge in [0.15, 0.2) is 0 Å². The smallest absolute Gasteiger partial charge is 0.130 e. The van der Waals surface area contributed by atoms with Crippen LogP contribution in [0, 0.1) is 12.7 Å². The van der Waals surface area contributed by atoms with Gasteiger partial charge in [0, 0.05) is 11.0 Å². The molecule has 1 nitrogen and oxygen atoms in total. The predicted molar refractivity (Wildman–Crippen MR) is 63.7 cm³/mol. The molecule has 1 heterocycles. The number of halogens is 2. The van der Waals surface area contributed by atoms with Crippen molar-refractivity contribution in [3.05, 3.63) is 33.5 Å². The topological polar surface area (TPSA) is 12.0 Å². The first kappa shape index (κ1) is 11.1. The zero-order chi connectivity index (χ0) is 10.8. The van der Waals surface area contributed by atoms with E-state index in [0.29, 0.717) is 5.92 Å². The second kappa shape index (κ2) is 4.62. The molecule has 1 atom stereocenters. The molecule has 1 aliphatic heterocycles. The number of nitrogens with one attached hydrogen (secondary N) is 1. The van der Waals surface area contributed by atoms with Crippen molar-refractivity contribution >= 4 is 15.9 Å². The van der Waals surface area contributed by atoms with Gasteiger partial charge in [-0.1, -0.05) is 22.0 Å². The lowest BCUT2D eigenvalue weighted by Crippen LogP contribution is -2.28. The Morgan fingerprint density at radius 3 is 2.93 bits per heavy atom. The maximum Gasteiger partial charge on any atom is 0.130 e. The number of hydrogen-bond acceptors (Lipinski definition) is 1. The van der Waals surface area contributed by atoms with Gasteiger partial charge in [-0.05, 0) is 49.4 Å². The quantitative estimate of drug-likeness (QED) is 0.826. The van der Waals surface area contributed by atoms with Crippen LogP contribution in [0.2, 0.25) is 0 Å². The van der Waals surface area contributed by atoms with E-state index >= 15 is 0 Å². The van der Waals surface area contributed by atoms with Gasteiger partial charge in [0.1, 0.15) is 5.82 Å². The van der Waals surface area contributed by atoms with Gasteiger partial charge in [-0.25, -0.2) is 4.39 Å². The van der Waals surface area contributed by atoms with E-state index < -0.39 is 0 Å². The van der Waals surface area contributed by atoms with Crippen LogP contribution in [0.25, 0.3) is 0 Å². The molecule has 0 amide bonds. The van der Waals surface area contributed by atoms with E-state index in [2.05, 4.69) is 21.2 Å². The lowest BCUT2D eigenvalue weighted by Gasteiger charge is -2.24. The molecule has 1 aromatic rings. The highest BCUT2D eigenvalue weighted by atomic mass is 79.9. The van der Waals surface area contributed by atoms with Gasteiger partial charge in [-0.15, -0.1) is 0 Å². The van der Waals surface area contributed by atoms with E-state index in [1.807, 2.05) is 19.1 Å². The summed E-state index contributed by atoms with van der Waals surface area (Å²) in [5, 5.41) is 3.32. The van der Waals surface area contributed by atoms with Crippen molar-refractivity contribution in [3.63, 3.8) is 0 Å². The Hall–Kier alpha value is -0.410. The van der Waals surface area contributed by atoms with Crippen LogP contribution in [0.15, 0.2) is 16.6 Å². The Balaban J connectivity index is 2.31. The maximum absolute atomic E-state index is 14.0. The fourth-order valence-corrected chi connectivity index (χ4v) is 2.42. The predicted octanol–water partition coefficient (Wildman–Crippen LogP) is 3.36. The Morgan fingerprint density at radius 1 is 1.47 bits per heavy atom. The Kier molecular flexibility index (Phi) is 3.42. The molecule has 3 heteroatoms. The van der Waals surface area contributed by atoms with Gasteiger partial charge in [-0.3, -0.25) is 0 Å². The summed E-state index contributed by atoms with van der Waals surface area (Å²) in [5.41, 5.74) is 1.58. The first-order chi connectivity index (χ1) is 7.20. The largest absolute Gasteiger partial charge is 0.316 e. The van der Waals surface area contributed by atoms with Gasteiger partial charge in [0.25, 0.3) is 0 Å². The van der Waals surface area contributed by atoms with E-state index in [1.54, 1.807) is 0 Å². The standard InChI is InChI=1S/C12H15BrFN/c1-8-11(13)5-4-10(12(8)14)9-3-2-6-15-7-9/h4-5,9,15H,2-3,6-7H2,1H3. The van der Waals surface area contributed by atoms with Crippen LogP contribution in [-0.2, 0) is 0 Å². The third kappa shape index (κ3) is 2.23. The number of hydrogen-bond donors (Lipinski definition) is 1. The van der Waals surface area contributed by atoms with Crippen LogP contribution in [0.3, 0.4) is 0 Å². The third-order valence-corrected chi connectivity index (χ3v) is 3.95. The molecule has 1 saturated heterocycles. The average Bonchev–Trinajstić information content (AvgIpc) is 2.27. The monoisotopic (exact) mass is 271 g/mol. The lowest BCUT2D eigenvalue weighted by atomic mass is 9.90. The van der Waals surface area contributed by atoms with Gasteiger partial charge in [0.05, 0.1) is 0 Å². The van der Waals surface area contributed by atoms with Crippen molar-refractivity contribution in [2.75, 3.05) is 13.1 Å². The van der Waals surface area contributed by atoms with E-state index in [1.165, 1.54) is 0 Å². The summed E-state index contributed by atoms with van der Waals surface area (Å²) < 4.78 is 14.8. The molecule has 0 aliphatic carbocycles. The molecule has 2 rings (SSSR count). The highest BCUT2D eigenvalue weighted by Gasteiger charge is 2.19. The highest BCUT2D eigenvalue weighted by Crippen LogP contribution is 2.30. The van der Waals surface area contributed by atoms with Crippen molar-refractivity contribution < 1.29 is 4.39 Å². The van der Waals surface area contributed by atoms with E-state index in [-0.39, 0.29) is 5.82 Å². The molecule has 1 aromatic carbocycles. The maximum atomic E-state index is 14.0. The van der Waals surface area contributed by atoms with Crippen molar-refractivity contribution in [3.8, 4) is 0 Å². The third-order valence-electron chi connectivity index (χ3n) is 3.09. The summed E-state index contributed by atoms with van der Waals surface area (Å²) in [6.07, 6.45) is 2.23. The van der Waals surface area contributed by atoms with E-state index in [0.717, 1.165) is 41.5 Å². The minimum Gasteiger partial charge on any atom is -0.316 e. The zero-order valence-corrected chi connectivity index (χ0v) is 10.4. The SMILES string of the molecule is Cc1c(Br)ccc(C2CCCNC2)c1F. The molecule has 1 aliphatic rings. The highest BCUT2D eigenvalue weighted by molar-refractivity contribution is 9.10. The van der Waals surface area contributed by atoms with Gasteiger partial charge in [-0.2, -0.15) is 0 Å². The van der Waals surface area contributed by atoms with Crippen molar-refractivity contribution in [1.82, 2.24) is 5.32 Å². The van der Waals surface area contributed by atoms with Crippen molar-refractivity contribution in [2.45, 2.75) is 25.7 Å². The molecule has 82 valence electrons. The first-order valence-corrected chi connectivity index (χ1v) is 6.14. The Bertz CT molecular complexity index is 359. The molecule has 15 heavy (non-hydrogen) atoms. The molecule has 0 spiro atoms. The fraction of sp³-hybridized carbons (Fsp3) is 0.500. The summed E-state index contributed by atoms with van der Waals surface area (Å²) in [6.45, 7) is 3.78. The van der Waals surface area contributed by atoms with Crippen LogP contribution in [0.1, 0.15) is 29.9 Å². The van der Waals surface area contributed by atoms with Gasteiger partial charge in [0.2, 0.25) is 0 Å². The average molecular weight is 272 g/mol. The van der Waals surface area contributed by atoms with Crippen LogP contribution in [-0.4, -0.2) is 13.1 Å². The van der Waals surface area contributed by atoms with Crippen LogP contribution < -0.4 is 5.32 Å². The van der Waals surface area contributed by atoms with Gasteiger partial charge < -0.3 is 5.32 Å². The van der Waals surface area contributed by atoms with E-state index in [4.69, 9.17) is 0 Å². The second-order valence-corrected chi connectivity index (χ2v) is 4.97. The molecule has 1 fully saturated rings. The summed E-state index contributed by atoms with van der Waals surface area (Å²) in [6, 6.07) is 3.85. The molecule has 0 aromatic heterocycles.